The van der Waals surface area contributed by atoms with Crippen molar-refractivity contribution in [1.82, 2.24) is 10.2 Å². The number of rotatable bonds is 8. The average molecular weight is 398 g/mol. The highest BCUT2D eigenvalue weighted by atomic mass is 32.1. The van der Waals surface area contributed by atoms with E-state index in [-0.39, 0.29) is 0 Å². The molecule has 0 saturated heterocycles. The van der Waals surface area contributed by atoms with E-state index in [0.717, 1.165) is 24.2 Å². The van der Waals surface area contributed by atoms with Crippen molar-refractivity contribution in [2.75, 3.05) is 24.4 Å². The molecule has 1 heterocycles. The van der Waals surface area contributed by atoms with E-state index in [2.05, 4.69) is 27.8 Å². The molecule has 3 aromatic rings. The Kier molecular flexibility index (Phi) is 6.80. The van der Waals surface area contributed by atoms with Gasteiger partial charge in [0.2, 0.25) is 5.13 Å². The molecule has 0 aliphatic rings. The van der Waals surface area contributed by atoms with Crippen LogP contribution in [-0.2, 0) is 0 Å². The largest absolute Gasteiger partial charge is 0.495 e. The SMILES string of the molecule is CCCCOc1cccc(-c2nnc(NC(=O)Nc3ccccc3OC)s2)c1. The lowest BCUT2D eigenvalue weighted by atomic mass is 10.2. The number of carbonyl (C=O) groups excluding carboxylic acids is 1. The summed E-state index contributed by atoms with van der Waals surface area (Å²) in [6.45, 7) is 2.81. The lowest BCUT2D eigenvalue weighted by Crippen LogP contribution is -2.19. The van der Waals surface area contributed by atoms with E-state index in [1.807, 2.05) is 36.4 Å². The molecular formula is C20H22N4O3S. The molecule has 0 spiro atoms. The first-order chi connectivity index (χ1) is 13.7. The number of hydrogen-bond donors (Lipinski definition) is 2. The van der Waals surface area contributed by atoms with Crippen LogP contribution in [0.1, 0.15) is 19.8 Å². The maximum absolute atomic E-state index is 12.2. The van der Waals surface area contributed by atoms with Crippen molar-refractivity contribution in [2.45, 2.75) is 19.8 Å². The minimum atomic E-state index is -0.413. The summed E-state index contributed by atoms with van der Waals surface area (Å²) in [5.74, 6) is 1.38. The number of nitrogens with zero attached hydrogens (tertiary/aromatic N) is 2. The zero-order chi connectivity index (χ0) is 19.8. The first-order valence-electron chi connectivity index (χ1n) is 8.97. The van der Waals surface area contributed by atoms with Crippen molar-refractivity contribution >= 4 is 28.2 Å². The van der Waals surface area contributed by atoms with Gasteiger partial charge in [-0.1, -0.05) is 48.9 Å². The van der Waals surface area contributed by atoms with E-state index in [1.54, 1.807) is 19.2 Å². The molecule has 0 atom stereocenters. The predicted octanol–water partition coefficient (Wildman–Crippen LogP) is 5.04. The van der Waals surface area contributed by atoms with E-state index in [4.69, 9.17) is 9.47 Å². The van der Waals surface area contributed by atoms with Crippen LogP contribution in [0.5, 0.6) is 11.5 Å². The van der Waals surface area contributed by atoms with Crippen LogP contribution < -0.4 is 20.1 Å². The summed E-state index contributed by atoms with van der Waals surface area (Å²) >= 11 is 1.29. The van der Waals surface area contributed by atoms with Crippen LogP contribution in [0.3, 0.4) is 0 Å². The van der Waals surface area contributed by atoms with E-state index in [1.165, 1.54) is 11.3 Å². The zero-order valence-corrected chi connectivity index (χ0v) is 16.6. The Labute approximate surface area is 167 Å². The maximum Gasteiger partial charge on any atom is 0.325 e. The quantitative estimate of drug-likeness (QED) is 0.520. The summed E-state index contributed by atoms with van der Waals surface area (Å²) < 4.78 is 11.0. The number of unbranched alkanes of at least 4 members (excludes halogenated alkanes) is 1. The third-order valence-electron chi connectivity index (χ3n) is 3.85. The molecule has 2 amide bonds. The zero-order valence-electron chi connectivity index (χ0n) is 15.8. The number of carbonyl (C=O) groups is 1. The van der Waals surface area contributed by atoms with Crippen LogP contribution in [0.2, 0.25) is 0 Å². The number of amides is 2. The molecule has 28 heavy (non-hydrogen) atoms. The molecule has 8 heteroatoms. The summed E-state index contributed by atoms with van der Waals surface area (Å²) in [7, 11) is 1.55. The van der Waals surface area contributed by atoms with Crippen LogP contribution in [-0.4, -0.2) is 29.9 Å². The van der Waals surface area contributed by atoms with Gasteiger partial charge < -0.3 is 14.8 Å². The van der Waals surface area contributed by atoms with Gasteiger partial charge in [0, 0.05) is 5.56 Å². The molecule has 2 N–H and O–H groups in total. The van der Waals surface area contributed by atoms with Gasteiger partial charge in [-0.05, 0) is 30.7 Å². The van der Waals surface area contributed by atoms with Gasteiger partial charge in [-0.2, -0.15) is 0 Å². The van der Waals surface area contributed by atoms with Crippen molar-refractivity contribution in [1.29, 1.82) is 0 Å². The fraction of sp³-hybridized carbons (Fsp3) is 0.250. The molecule has 0 radical (unpaired) electrons. The van der Waals surface area contributed by atoms with Crippen molar-refractivity contribution in [3.05, 3.63) is 48.5 Å². The molecule has 2 aromatic carbocycles. The van der Waals surface area contributed by atoms with Crippen LogP contribution >= 0.6 is 11.3 Å². The molecule has 3 rings (SSSR count). The van der Waals surface area contributed by atoms with Gasteiger partial charge in [0.05, 0.1) is 19.4 Å². The van der Waals surface area contributed by atoms with Crippen LogP contribution in [0.15, 0.2) is 48.5 Å². The highest BCUT2D eigenvalue weighted by Gasteiger charge is 2.12. The second-order valence-corrected chi connectivity index (χ2v) is 6.90. The molecule has 1 aromatic heterocycles. The van der Waals surface area contributed by atoms with E-state index in [0.29, 0.717) is 28.2 Å². The Balaban J connectivity index is 1.64. The molecule has 146 valence electrons. The molecule has 0 aliphatic heterocycles. The first-order valence-corrected chi connectivity index (χ1v) is 9.79. The average Bonchev–Trinajstić information content (AvgIpc) is 3.17. The fourth-order valence-electron chi connectivity index (χ4n) is 2.44. The lowest BCUT2D eigenvalue weighted by Gasteiger charge is -2.09. The number of hydrogen-bond acceptors (Lipinski definition) is 6. The van der Waals surface area contributed by atoms with Crippen LogP contribution in [0, 0.1) is 0 Å². The number of methoxy groups -OCH3 is 1. The summed E-state index contributed by atoms with van der Waals surface area (Å²) in [5, 5.41) is 14.8. The summed E-state index contributed by atoms with van der Waals surface area (Å²) in [6, 6.07) is 14.5. The first kappa shape index (κ1) is 19.6. The van der Waals surface area contributed by atoms with E-state index in [9.17, 15) is 4.79 Å². The minimum absolute atomic E-state index is 0.403. The molecule has 0 bridgehead atoms. The number of para-hydroxylation sites is 2. The third kappa shape index (κ3) is 5.20. The van der Waals surface area contributed by atoms with E-state index >= 15 is 0 Å². The van der Waals surface area contributed by atoms with Crippen LogP contribution in [0.25, 0.3) is 10.6 Å². The molecule has 0 saturated carbocycles. The number of aromatic nitrogens is 2. The Morgan fingerprint density at radius 1 is 1.11 bits per heavy atom. The molecule has 0 unspecified atom stereocenters. The minimum Gasteiger partial charge on any atom is -0.495 e. The van der Waals surface area contributed by atoms with Gasteiger partial charge in [-0.3, -0.25) is 5.32 Å². The monoisotopic (exact) mass is 398 g/mol. The topological polar surface area (TPSA) is 85.4 Å². The number of ether oxygens (including phenoxy) is 2. The second kappa shape index (κ2) is 9.70. The molecule has 0 aliphatic carbocycles. The second-order valence-electron chi connectivity index (χ2n) is 5.92. The Hall–Kier alpha value is -3.13. The number of benzene rings is 2. The molecular weight excluding hydrogens is 376 g/mol. The van der Waals surface area contributed by atoms with Crippen molar-refractivity contribution in [3.8, 4) is 22.1 Å². The third-order valence-corrected chi connectivity index (χ3v) is 4.74. The summed E-state index contributed by atoms with van der Waals surface area (Å²) in [4.78, 5) is 12.2. The fourth-order valence-corrected chi connectivity index (χ4v) is 3.18. The van der Waals surface area contributed by atoms with Gasteiger partial charge in [-0.25, -0.2) is 4.79 Å². The normalized spacial score (nSPS) is 10.4. The van der Waals surface area contributed by atoms with Gasteiger partial charge >= 0.3 is 6.03 Å². The number of anilines is 2. The van der Waals surface area contributed by atoms with Gasteiger partial charge in [0.1, 0.15) is 16.5 Å². The maximum atomic E-state index is 12.2. The Bertz CT molecular complexity index is 929. The van der Waals surface area contributed by atoms with Crippen LogP contribution in [0.4, 0.5) is 15.6 Å². The van der Waals surface area contributed by atoms with E-state index < -0.39 is 6.03 Å². The van der Waals surface area contributed by atoms with Crippen molar-refractivity contribution in [3.63, 3.8) is 0 Å². The highest BCUT2D eigenvalue weighted by Crippen LogP contribution is 2.29. The summed E-state index contributed by atoms with van der Waals surface area (Å²) in [5.41, 5.74) is 1.47. The van der Waals surface area contributed by atoms with Crippen molar-refractivity contribution < 1.29 is 14.3 Å². The Morgan fingerprint density at radius 3 is 2.79 bits per heavy atom. The smallest absolute Gasteiger partial charge is 0.325 e. The highest BCUT2D eigenvalue weighted by molar-refractivity contribution is 7.18. The van der Waals surface area contributed by atoms with Crippen molar-refractivity contribution in [2.24, 2.45) is 0 Å². The Morgan fingerprint density at radius 2 is 1.96 bits per heavy atom. The number of urea groups is 1. The van der Waals surface area contributed by atoms with Gasteiger partial charge in [0.25, 0.3) is 0 Å². The summed E-state index contributed by atoms with van der Waals surface area (Å²) in [6.07, 6.45) is 2.10. The molecule has 0 fully saturated rings. The molecule has 7 nitrogen and oxygen atoms in total. The van der Waals surface area contributed by atoms with Gasteiger partial charge in [0.15, 0.2) is 0 Å². The van der Waals surface area contributed by atoms with Gasteiger partial charge in [-0.15, -0.1) is 10.2 Å². The predicted molar refractivity (Wildman–Crippen MR) is 111 cm³/mol. The lowest BCUT2D eigenvalue weighted by molar-refractivity contribution is 0.262. The standard InChI is InChI=1S/C20H22N4O3S/c1-3-4-12-27-15-9-7-8-14(13-15)18-23-24-20(28-18)22-19(25)21-16-10-5-6-11-17(16)26-2/h5-11,13H,3-4,12H2,1-2H3,(H2,21,22,24,25). The number of nitrogens with one attached hydrogen (secondary N) is 2.